The van der Waals surface area contributed by atoms with E-state index in [0.29, 0.717) is 19.7 Å². The molecular formula is C10H17N3O2S. The van der Waals surface area contributed by atoms with Crippen molar-refractivity contribution in [2.45, 2.75) is 13.0 Å². The Bertz CT molecular complexity index is 303. The number of methoxy groups -OCH3 is 1. The SMILES string of the molecule is COCCNC(=O)CNC(C)c1cncs1. The first kappa shape index (κ1) is 13.1. The van der Waals surface area contributed by atoms with Crippen molar-refractivity contribution < 1.29 is 9.53 Å². The average Bonchev–Trinajstić information content (AvgIpc) is 2.79. The highest BCUT2D eigenvalue weighted by Crippen LogP contribution is 2.15. The molecule has 90 valence electrons. The molecule has 0 fully saturated rings. The molecule has 1 aromatic heterocycles. The van der Waals surface area contributed by atoms with E-state index in [9.17, 15) is 4.79 Å². The molecule has 0 aromatic carbocycles. The van der Waals surface area contributed by atoms with E-state index in [2.05, 4.69) is 15.6 Å². The van der Waals surface area contributed by atoms with Crippen molar-refractivity contribution in [2.75, 3.05) is 26.8 Å². The Hall–Kier alpha value is -0.980. The molecule has 1 amide bonds. The lowest BCUT2D eigenvalue weighted by atomic mass is 10.3. The number of ether oxygens (including phenoxy) is 1. The summed E-state index contributed by atoms with van der Waals surface area (Å²) in [7, 11) is 1.61. The van der Waals surface area contributed by atoms with Crippen LogP contribution in [0.4, 0.5) is 0 Å². The molecule has 1 heterocycles. The summed E-state index contributed by atoms with van der Waals surface area (Å²) in [5, 5.41) is 5.87. The normalized spacial score (nSPS) is 12.4. The number of carbonyl (C=O) groups excluding carboxylic acids is 1. The summed E-state index contributed by atoms with van der Waals surface area (Å²) in [4.78, 5) is 16.5. The Kier molecular flexibility index (Phi) is 5.99. The molecule has 2 N–H and O–H groups in total. The molecule has 1 atom stereocenters. The molecule has 0 saturated heterocycles. The van der Waals surface area contributed by atoms with Crippen LogP contribution in [0.1, 0.15) is 17.8 Å². The Labute approximate surface area is 99.2 Å². The minimum Gasteiger partial charge on any atom is -0.383 e. The summed E-state index contributed by atoms with van der Waals surface area (Å²) >= 11 is 1.58. The number of aromatic nitrogens is 1. The van der Waals surface area contributed by atoms with Crippen LogP contribution in [0.5, 0.6) is 0 Å². The predicted octanol–water partition coefficient (Wildman–Crippen LogP) is 0.556. The van der Waals surface area contributed by atoms with Crippen molar-refractivity contribution in [1.29, 1.82) is 0 Å². The Morgan fingerprint density at radius 3 is 3.12 bits per heavy atom. The third-order valence-corrected chi connectivity index (χ3v) is 3.03. The van der Waals surface area contributed by atoms with Crippen LogP contribution >= 0.6 is 11.3 Å². The van der Waals surface area contributed by atoms with Crippen LogP contribution in [0.3, 0.4) is 0 Å². The summed E-state index contributed by atoms with van der Waals surface area (Å²) < 4.78 is 4.83. The maximum Gasteiger partial charge on any atom is 0.234 e. The van der Waals surface area contributed by atoms with Crippen LogP contribution in [0.2, 0.25) is 0 Å². The Morgan fingerprint density at radius 2 is 2.50 bits per heavy atom. The molecule has 0 aliphatic rings. The third-order valence-electron chi connectivity index (χ3n) is 2.08. The quantitative estimate of drug-likeness (QED) is 0.687. The molecule has 0 aliphatic carbocycles. The van der Waals surface area contributed by atoms with Gasteiger partial charge < -0.3 is 15.4 Å². The highest BCUT2D eigenvalue weighted by molar-refractivity contribution is 7.09. The summed E-state index contributed by atoms with van der Waals surface area (Å²) in [6, 6.07) is 0.153. The second kappa shape index (κ2) is 7.32. The maximum atomic E-state index is 11.4. The molecule has 0 bridgehead atoms. The van der Waals surface area contributed by atoms with E-state index >= 15 is 0 Å². The minimum absolute atomic E-state index is 0.0200. The van der Waals surface area contributed by atoms with Crippen molar-refractivity contribution in [3.63, 3.8) is 0 Å². The Morgan fingerprint density at radius 1 is 1.69 bits per heavy atom. The van der Waals surface area contributed by atoms with Crippen LogP contribution in [0.25, 0.3) is 0 Å². The predicted molar refractivity (Wildman–Crippen MR) is 63.4 cm³/mol. The number of hydrogen-bond acceptors (Lipinski definition) is 5. The van der Waals surface area contributed by atoms with E-state index < -0.39 is 0 Å². The van der Waals surface area contributed by atoms with Gasteiger partial charge in [0, 0.05) is 30.8 Å². The Balaban J connectivity index is 2.16. The van der Waals surface area contributed by atoms with Gasteiger partial charge in [0.25, 0.3) is 0 Å². The molecule has 1 aromatic rings. The lowest BCUT2D eigenvalue weighted by molar-refractivity contribution is -0.120. The van der Waals surface area contributed by atoms with Gasteiger partial charge in [-0.1, -0.05) is 0 Å². The lowest BCUT2D eigenvalue weighted by Gasteiger charge is -2.11. The zero-order valence-electron chi connectivity index (χ0n) is 9.53. The highest BCUT2D eigenvalue weighted by atomic mass is 32.1. The number of hydrogen-bond donors (Lipinski definition) is 2. The van der Waals surface area contributed by atoms with Gasteiger partial charge in [-0.15, -0.1) is 11.3 Å². The smallest absolute Gasteiger partial charge is 0.234 e. The largest absolute Gasteiger partial charge is 0.383 e. The zero-order chi connectivity index (χ0) is 11.8. The first-order chi connectivity index (χ1) is 7.74. The van der Waals surface area contributed by atoms with Gasteiger partial charge in [0.05, 0.1) is 18.7 Å². The maximum absolute atomic E-state index is 11.4. The van der Waals surface area contributed by atoms with Crippen LogP contribution < -0.4 is 10.6 Å². The monoisotopic (exact) mass is 243 g/mol. The fourth-order valence-electron chi connectivity index (χ4n) is 1.14. The van der Waals surface area contributed by atoms with Gasteiger partial charge in [0.2, 0.25) is 5.91 Å². The number of rotatable bonds is 7. The average molecular weight is 243 g/mol. The van der Waals surface area contributed by atoms with Crippen LogP contribution in [0.15, 0.2) is 11.7 Å². The summed E-state index contributed by atoms with van der Waals surface area (Å²) in [5.41, 5.74) is 1.78. The van der Waals surface area contributed by atoms with Gasteiger partial charge in [-0.05, 0) is 6.92 Å². The number of amides is 1. The molecule has 16 heavy (non-hydrogen) atoms. The van der Waals surface area contributed by atoms with Crippen molar-refractivity contribution in [3.05, 3.63) is 16.6 Å². The van der Waals surface area contributed by atoms with E-state index in [4.69, 9.17) is 4.74 Å². The van der Waals surface area contributed by atoms with E-state index in [1.807, 2.05) is 13.1 Å². The number of thiazole rings is 1. The van der Waals surface area contributed by atoms with Gasteiger partial charge in [-0.2, -0.15) is 0 Å². The van der Waals surface area contributed by atoms with Crippen LogP contribution in [0, 0.1) is 0 Å². The summed E-state index contributed by atoms with van der Waals surface area (Å²) in [6.45, 7) is 3.40. The number of nitrogens with one attached hydrogen (secondary N) is 2. The van der Waals surface area contributed by atoms with Crippen LogP contribution in [-0.2, 0) is 9.53 Å². The van der Waals surface area contributed by atoms with Gasteiger partial charge in [-0.25, -0.2) is 0 Å². The molecular weight excluding hydrogens is 226 g/mol. The first-order valence-corrected chi connectivity index (χ1v) is 5.99. The molecule has 6 heteroatoms. The van der Waals surface area contributed by atoms with E-state index in [-0.39, 0.29) is 11.9 Å². The molecule has 1 unspecified atom stereocenters. The molecule has 0 saturated carbocycles. The first-order valence-electron chi connectivity index (χ1n) is 5.11. The molecule has 0 radical (unpaired) electrons. The lowest BCUT2D eigenvalue weighted by Crippen LogP contribution is -2.36. The van der Waals surface area contributed by atoms with E-state index in [1.54, 1.807) is 24.0 Å². The topological polar surface area (TPSA) is 63.2 Å². The minimum atomic E-state index is -0.0200. The van der Waals surface area contributed by atoms with Crippen molar-refractivity contribution in [3.8, 4) is 0 Å². The second-order valence-corrected chi connectivity index (χ2v) is 4.27. The van der Waals surface area contributed by atoms with Crippen molar-refractivity contribution in [1.82, 2.24) is 15.6 Å². The van der Waals surface area contributed by atoms with Crippen LogP contribution in [-0.4, -0.2) is 37.7 Å². The highest BCUT2D eigenvalue weighted by Gasteiger charge is 2.08. The van der Waals surface area contributed by atoms with Gasteiger partial charge in [0.1, 0.15) is 0 Å². The summed E-state index contributed by atoms with van der Waals surface area (Å²) in [5.74, 6) is -0.0200. The molecule has 5 nitrogen and oxygen atoms in total. The summed E-state index contributed by atoms with van der Waals surface area (Å²) in [6.07, 6.45) is 1.81. The van der Waals surface area contributed by atoms with Gasteiger partial charge in [-0.3, -0.25) is 9.78 Å². The van der Waals surface area contributed by atoms with E-state index in [0.717, 1.165) is 4.88 Å². The second-order valence-electron chi connectivity index (χ2n) is 3.35. The number of carbonyl (C=O) groups is 1. The number of nitrogens with zero attached hydrogens (tertiary/aromatic N) is 1. The third kappa shape index (κ3) is 4.69. The van der Waals surface area contributed by atoms with E-state index in [1.165, 1.54) is 0 Å². The van der Waals surface area contributed by atoms with Crippen molar-refractivity contribution >= 4 is 17.2 Å². The molecule has 0 spiro atoms. The fourth-order valence-corrected chi connectivity index (χ4v) is 1.79. The molecule has 1 rings (SSSR count). The fraction of sp³-hybridized carbons (Fsp3) is 0.600. The standard InChI is InChI=1S/C10H17N3O2S/c1-8(9-5-11-7-16-9)13-6-10(14)12-3-4-15-2/h5,7-8,13H,3-4,6H2,1-2H3,(H,12,14). The van der Waals surface area contributed by atoms with Crippen molar-refractivity contribution in [2.24, 2.45) is 0 Å². The van der Waals surface area contributed by atoms with Gasteiger partial charge in [0.15, 0.2) is 0 Å². The molecule has 0 aliphatic heterocycles. The van der Waals surface area contributed by atoms with Gasteiger partial charge >= 0.3 is 0 Å². The zero-order valence-corrected chi connectivity index (χ0v) is 10.3.